The van der Waals surface area contributed by atoms with Crippen molar-refractivity contribution in [2.75, 3.05) is 0 Å². The first-order valence-corrected chi connectivity index (χ1v) is 15.5. The first-order valence-electron chi connectivity index (χ1n) is 15.5. The van der Waals surface area contributed by atoms with Crippen molar-refractivity contribution in [2.24, 2.45) is 0 Å². The van der Waals surface area contributed by atoms with E-state index in [1.54, 1.807) is 51.1 Å². The van der Waals surface area contributed by atoms with Crippen molar-refractivity contribution >= 4 is 34.9 Å². The standard InChI is InChI=1S/C40H37NO7/c1-40(2,3)48-39(44)41-36(38(43)47-27-30-17-11-6-12-18-30)23-31-19-21-34(37(42)46-26-29-15-9-5-10-16-29)35-24-32(20-22-33(31)35)45-25-28-13-7-4-8-14-28/h4-24H,25-27H2,1-3H3,(H,41,44)/b36-23-. The lowest BCUT2D eigenvalue weighted by atomic mass is 9.98. The van der Waals surface area contributed by atoms with Crippen molar-refractivity contribution < 1.29 is 33.3 Å². The van der Waals surface area contributed by atoms with Crippen LogP contribution in [0, 0.1) is 0 Å². The second-order valence-corrected chi connectivity index (χ2v) is 12.0. The first-order chi connectivity index (χ1) is 23.1. The molecule has 0 saturated carbocycles. The number of hydrogen-bond acceptors (Lipinski definition) is 7. The summed E-state index contributed by atoms with van der Waals surface area (Å²) in [7, 11) is 0. The number of amides is 1. The molecule has 5 aromatic carbocycles. The van der Waals surface area contributed by atoms with Gasteiger partial charge in [0.15, 0.2) is 0 Å². The number of esters is 2. The molecule has 48 heavy (non-hydrogen) atoms. The summed E-state index contributed by atoms with van der Waals surface area (Å²) in [6.07, 6.45) is 0.691. The molecule has 5 aromatic rings. The molecular formula is C40H37NO7. The molecule has 1 amide bonds. The molecule has 0 spiro atoms. The summed E-state index contributed by atoms with van der Waals surface area (Å²) in [5.74, 6) is -0.736. The van der Waals surface area contributed by atoms with Crippen LogP contribution in [-0.4, -0.2) is 23.6 Å². The van der Waals surface area contributed by atoms with Gasteiger partial charge in [-0.05, 0) is 72.7 Å². The van der Waals surface area contributed by atoms with E-state index in [0.717, 1.165) is 16.7 Å². The molecule has 8 nitrogen and oxygen atoms in total. The van der Waals surface area contributed by atoms with E-state index in [4.69, 9.17) is 18.9 Å². The largest absolute Gasteiger partial charge is 0.489 e. The zero-order valence-corrected chi connectivity index (χ0v) is 27.1. The quantitative estimate of drug-likeness (QED) is 0.0877. The van der Waals surface area contributed by atoms with Crippen LogP contribution in [0.3, 0.4) is 0 Å². The van der Waals surface area contributed by atoms with Crippen molar-refractivity contribution in [1.82, 2.24) is 5.32 Å². The highest BCUT2D eigenvalue weighted by molar-refractivity contribution is 6.08. The van der Waals surface area contributed by atoms with Crippen LogP contribution < -0.4 is 10.1 Å². The fourth-order valence-electron chi connectivity index (χ4n) is 4.80. The molecule has 0 unspecified atom stereocenters. The maximum absolute atomic E-state index is 13.4. The van der Waals surface area contributed by atoms with Gasteiger partial charge in [0, 0.05) is 5.39 Å². The summed E-state index contributed by atoms with van der Waals surface area (Å²) < 4.78 is 22.7. The Morgan fingerprint density at radius 2 is 1.21 bits per heavy atom. The van der Waals surface area contributed by atoms with Gasteiger partial charge in [0.1, 0.15) is 36.9 Å². The van der Waals surface area contributed by atoms with Crippen LogP contribution in [-0.2, 0) is 38.8 Å². The topological polar surface area (TPSA) is 100 Å². The molecule has 8 heteroatoms. The molecule has 0 aliphatic rings. The van der Waals surface area contributed by atoms with Crippen LogP contribution in [0.1, 0.15) is 53.4 Å². The van der Waals surface area contributed by atoms with Crippen molar-refractivity contribution in [3.63, 3.8) is 0 Å². The third-order valence-corrected chi connectivity index (χ3v) is 7.07. The van der Waals surface area contributed by atoms with E-state index < -0.39 is 23.6 Å². The molecule has 1 N–H and O–H groups in total. The Hall–Kier alpha value is -5.89. The van der Waals surface area contributed by atoms with Crippen molar-refractivity contribution in [3.05, 3.63) is 155 Å². The molecule has 0 aliphatic carbocycles. The Morgan fingerprint density at radius 1 is 0.646 bits per heavy atom. The van der Waals surface area contributed by atoms with E-state index in [0.29, 0.717) is 34.3 Å². The van der Waals surface area contributed by atoms with Gasteiger partial charge in [-0.1, -0.05) is 103 Å². The molecule has 0 radical (unpaired) electrons. The van der Waals surface area contributed by atoms with E-state index in [1.807, 2.05) is 91.0 Å². The fraction of sp³-hybridized carbons (Fsp3) is 0.175. The molecule has 244 valence electrons. The number of rotatable bonds is 11. The van der Waals surface area contributed by atoms with Gasteiger partial charge in [-0.2, -0.15) is 0 Å². The number of fused-ring (bicyclic) bond motifs is 1. The third-order valence-electron chi connectivity index (χ3n) is 7.07. The molecule has 0 heterocycles. The molecule has 0 saturated heterocycles. The zero-order valence-electron chi connectivity index (χ0n) is 27.1. The van der Waals surface area contributed by atoms with Crippen LogP contribution in [0.5, 0.6) is 5.75 Å². The second-order valence-electron chi connectivity index (χ2n) is 12.0. The number of ether oxygens (including phenoxy) is 4. The Kier molecular flexibility index (Phi) is 10.9. The van der Waals surface area contributed by atoms with E-state index in [2.05, 4.69) is 5.32 Å². The molecular weight excluding hydrogens is 606 g/mol. The van der Waals surface area contributed by atoms with Gasteiger partial charge in [0.2, 0.25) is 0 Å². The zero-order chi connectivity index (χ0) is 33.9. The van der Waals surface area contributed by atoms with Crippen molar-refractivity contribution in [2.45, 2.75) is 46.2 Å². The maximum Gasteiger partial charge on any atom is 0.412 e. The first kappa shape index (κ1) is 33.5. The maximum atomic E-state index is 13.4. The molecule has 5 rings (SSSR count). The highest BCUT2D eigenvalue weighted by Crippen LogP contribution is 2.30. The monoisotopic (exact) mass is 643 g/mol. The molecule has 0 fully saturated rings. The number of nitrogens with one attached hydrogen (secondary N) is 1. The lowest BCUT2D eigenvalue weighted by Crippen LogP contribution is -2.34. The summed E-state index contributed by atoms with van der Waals surface area (Å²) in [5.41, 5.74) is 2.56. The van der Waals surface area contributed by atoms with Gasteiger partial charge in [-0.15, -0.1) is 0 Å². The normalized spacial score (nSPS) is 11.4. The van der Waals surface area contributed by atoms with E-state index in [9.17, 15) is 14.4 Å². The summed E-state index contributed by atoms with van der Waals surface area (Å²) in [5, 5.41) is 3.72. The lowest BCUT2D eigenvalue weighted by Gasteiger charge is -2.20. The van der Waals surface area contributed by atoms with Crippen LogP contribution in [0.25, 0.3) is 16.8 Å². The highest BCUT2D eigenvalue weighted by Gasteiger charge is 2.22. The van der Waals surface area contributed by atoms with E-state index >= 15 is 0 Å². The van der Waals surface area contributed by atoms with Crippen molar-refractivity contribution in [3.8, 4) is 5.75 Å². The number of alkyl carbamates (subject to hydrolysis) is 1. The number of benzene rings is 5. The number of hydrogen-bond donors (Lipinski definition) is 1. The van der Waals surface area contributed by atoms with Gasteiger partial charge in [-0.3, -0.25) is 5.32 Å². The number of carbonyl (C=O) groups excluding carboxylic acids is 3. The summed E-state index contributed by atoms with van der Waals surface area (Å²) in [6.45, 7) is 5.61. The minimum atomic E-state index is -0.813. The Balaban J connectivity index is 1.50. The predicted octanol–water partition coefficient (Wildman–Crippen LogP) is 8.38. The third kappa shape index (κ3) is 9.56. The highest BCUT2D eigenvalue weighted by atomic mass is 16.6. The summed E-state index contributed by atoms with van der Waals surface area (Å²) in [6, 6.07) is 37.0. The van der Waals surface area contributed by atoms with Crippen molar-refractivity contribution in [1.29, 1.82) is 0 Å². The second kappa shape index (κ2) is 15.6. The van der Waals surface area contributed by atoms with Gasteiger partial charge >= 0.3 is 18.0 Å². The van der Waals surface area contributed by atoms with E-state index in [1.165, 1.54) is 6.08 Å². The summed E-state index contributed by atoms with van der Waals surface area (Å²) >= 11 is 0. The Labute approximate surface area is 279 Å². The molecule has 0 aromatic heterocycles. The SMILES string of the molecule is CC(C)(C)OC(=O)N/C(=C\c1ccc(C(=O)OCc2ccccc2)c2cc(OCc3ccccc3)ccc12)C(=O)OCc1ccccc1. The minimum Gasteiger partial charge on any atom is -0.489 e. The van der Waals surface area contributed by atoms with Crippen LogP contribution >= 0.6 is 0 Å². The molecule has 0 aliphatic heterocycles. The van der Waals surface area contributed by atoms with Gasteiger partial charge in [0.05, 0.1) is 5.56 Å². The van der Waals surface area contributed by atoms with Gasteiger partial charge in [-0.25, -0.2) is 14.4 Å². The minimum absolute atomic E-state index is 0.00205. The summed E-state index contributed by atoms with van der Waals surface area (Å²) in [4.78, 5) is 39.6. The average molecular weight is 644 g/mol. The fourth-order valence-corrected chi connectivity index (χ4v) is 4.80. The van der Waals surface area contributed by atoms with Crippen LogP contribution in [0.2, 0.25) is 0 Å². The Bertz CT molecular complexity index is 1900. The average Bonchev–Trinajstić information content (AvgIpc) is 3.09. The van der Waals surface area contributed by atoms with E-state index in [-0.39, 0.29) is 18.9 Å². The Morgan fingerprint density at radius 3 is 1.79 bits per heavy atom. The van der Waals surface area contributed by atoms with Gasteiger partial charge in [0.25, 0.3) is 0 Å². The predicted molar refractivity (Wildman–Crippen MR) is 184 cm³/mol. The van der Waals surface area contributed by atoms with Crippen LogP contribution in [0.15, 0.2) is 127 Å². The molecule has 0 bridgehead atoms. The van der Waals surface area contributed by atoms with Crippen LogP contribution in [0.4, 0.5) is 4.79 Å². The lowest BCUT2D eigenvalue weighted by molar-refractivity contribution is -0.140. The smallest absolute Gasteiger partial charge is 0.412 e. The molecule has 0 atom stereocenters. The number of carbonyl (C=O) groups is 3. The van der Waals surface area contributed by atoms with Gasteiger partial charge < -0.3 is 18.9 Å².